The monoisotopic (exact) mass is 338 g/mol. The van der Waals surface area contributed by atoms with Crippen LogP contribution in [0.4, 0.5) is 5.69 Å². The summed E-state index contributed by atoms with van der Waals surface area (Å²) >= 11 is 0. The molecule has 3 heterocycles. The highest BCUT2D eigenvalue weighted by molar-refractivity contribution is 5.79. The van der Waals surface area contributed by atoms with Gasteiger partial charge in [-0.3, -0.25) is 4.79 Å². The summed E-state index contributed by atoms with van der Waals surface area (Å²) in [5, 5.41) is 0. The maximum atomic E-state index is 12.9. The topological polar surface area (TPSA) is 41.4 Å². The first-order valence-corrected chi connectivity index (χ1v) is 9.22. The number of fused-ring (bicyclic) bond motifs is 1. The highest BCUT2D eigenvalue weighted by Crippen LogP contribution is 2.26. The van der Waals surface area contributed by atoms with E-state index < -0.39 is 0 Å². The van der Waals surface area contributed by atoms with Crippen LogP contribution < -0.4 is 4.90 Å². The third-order valence-corrected chi connectivity index (χ3v) is 5.82. The first kappa shape index (κ1) is 16.2. The molecule has 1 unspecified atom stereocenters. The van der Waals surface area contributed by atoms with E-state index in [1.807, 2.05) is 12.5 Å². The maximum absolute atomic E-state index is 12.9. The van der Waals surface area contributed by atoms with Crippen molar-refractivity contribution in [2.45, 2.75) is 33.2 Å². The Hall–Kier alpha value is -2.30. The SMILES string of the molecule is Cc1cccc(N2CCN(C(=O)C3CCc4cncn4C3)CC2)c1C. The average Bonchev–Trinajstić information content (AvgIpc) is 3.11. The van der Waals surface area contributed by atoms with E-state index in [1.165, 1.54) is 22.5 Å². The molecule has 5 nitrogen and oxygen atoms in total. The first-order chi connectivity index (χ1) is 12.1. The Morgan fingerprint density at radius 3 is 2.76 bits per heavy atom. The van der Waals surface area contributed by atoms with Gasteiger partial charge in [0.1, 0.15) is 0 Å². The summed E-state index contributed by atoms with van der Waals surface area (Å²) in [6.45, 7) is 8.60. The first-order valence-electron chi connectivity index (χ1n) is 9.22. The van der Waals surface area contributed by atoms with Crippen molar-refractivity contribution in [1.29, 1.82) is 0 Å². The van der Waals surface area contributed by atoms with E-state index >= 15 is 0 Å². The van der Waals surface area contributed by atoms with Crippen molar-refractivity contribution >= 4 is 11.6 Å². The van der Waals surface area contributed by atoms with Crippen molar-refractivity contribution in [2.75, 3.05) is 31.1 Å². The second kappa shape index (κ2) is 6.54. The van der Waals surface area contributed by atoms with Crippen molar-refractivity contribution in [3.8, 4) is 0 Å². The second-order valence-electron chi connectivity index (χ2n) is 7.30. The van der Waals surface area contributed by atoms with E-state index in [2.05, 4.69) is 51.4 Å². The van der Waals surface area contributed by atoms with Crippen LogP contribution in [0.5, 0.6) is 0 Å². The fraction of sp³-hybridized carbons (Fsp3) is 0.500. The van der Waals surface area contributed by atoms with Gasteiger partial charge in [0.25, 0.3) is 0 Å². The molecule has 2 aliphatic heterocycles. The van der Waals surface area contributed by atoms with Crippen LogP contribution in [0.2, 0.25) is 0 Å². The van der Waals surface area contributed by atoms with E-state index in [0.717, 1.165) is 45.6 Å². The Bertz CT molecular complexity index is 774. The number of hydrogen-bond donors (Lipinski definition) is 0. The predicted octanol–water partition coefficient (Wildman–Crippen LogP) is 2.41. The molecule has 1 aromatic carbocycles. The normalized spacial score (nSPS) is 20.5. The third-order valence-electron chi connectivity index (χ3n) is 5.82. The van der Waals surface area contributed by atoms with Crippen LogP contribution in [0.25, 0.3) is 0 Å². The summed E-state index contributed by atoms with van der Waals surface area (Å²) in [5.74, 6) is 0.425. The van der Waals surface area contributed by atoms with Gasteiger partial charge in [-0.05, 0) is 43.9 Å². The number of amides is 1. The summed E-state index contributed by atoms with van der Waals surface area (Å²) in [6, 6.07) is 6.48. The standard InChI is InChI=1S/C20H26N4O/c1-15-4-3-5-19(16(15)2)22-8-10-23(11-9-22)20(25)17-6-7-18-12-21-14-24(18)13-17/h3-5,12,14,17H,6-11,13H2,1-2H3. The largest absolute Gasteiger partial charge is 0.368 e. The van der Waals surface area contributed by atoms with Gasteiger partial charge in [0.2, 0.25) is 5.91 Å². The van der Waals surface area contributed by atoms with Gasteiger partial charge in [-0.25, -0.2) is 4.98 Å². The number of carbonyl (C=O) groups is 1. The smallest absolute Gasteiger partial charge is 0.227 e. The summed E-state index contributed by atoms with van der Waals surface area (Å²) in [4.78, 5) is 21.6. The number of piperazine rings is 1. The molecule has 0 aliphatic carbocycles. The molecule has 0 spiro atoms. The van der Waals surface area contributed by atoms with Crippen LogP contribution in [0.3, 0.4) is 0 Å². The number of imidazole rings is 1. The fourth-order valence-electron chi connectivity index (χ4n) is 4.08. The van der Waals surface area contributed by atoms with Gasteiger partial charge < -0.3 is 14.4 Å². The number of hydrogen-bond acceptors (Lipinski definition) is 3. The number of rotatable bonds is 2. The van der Waals surface area contributed by atoms with Gasteiger partial charge in [-0.15, -0.1) is 0 Å². The van der Waals surface area contributed by atoms with Crippen molar-refractivity contribution in [3.05, 3.63) is 47.5 Å². The molecule has 1 saturated heterocycles. The fourth-order valence-corrected chi connectivity index (χ4v) is 4.08. The number of benzene rings is 1. The van der Waals surface area contributed by atoms with E-state index in [9.17, 15) is 4.79 Å². The third kappa shape index (κ3) is 3.03. The van der Waals surface area contributed by atoms with E-state index in [4.69, 9.17) is 0 Å². The Labute approximate surface area is 149 Å². The predicted molar refractivity (Wildman–Crippen MR) is 98.7 cm³/mol. The number of aryl methyl sites for hydroxylation is 2. The lowest BCUT2D eigenvalue weighted by molar-refractivity contribution is -0.136. The van der Waals surface area contributed by atoms with Gasteiger partial charge in [-0.1, -0.05) is 12.1 Å². The summed E-state index contributed by atoms with van der Waals surface area (Å²) in [5.41, 5.74) is 5.24. The van der Waals surface area contributed by atoms with Crippen LogP contribution >= 0.6 is 0 Å². The second-order valence-corrected chi connectivity index (χ2v) is 7.30. The molecule has 2 aliphatic rings. The molecule has 0 radical (unpaired) electrons. The summed E-state index contributed by atoms with van der Waals surface area (Å²) in [7, 11) is 0. The zero-order chi connectivity index (χ0) is 17.4. The van der Waals surface area contributed by atoms with Crippen molar-refractivity contribution in [3.63, 3.8) is 0 Å². The maximum Gasteiger partial charge on any atom is 0.227 e. The molecule has 5 heteroatoms. The Balaban J connectivity index is 1.39. The molecule has 2 aromatic rings. The summed E-state index contributed by atoms with van der Waals surface area (Å²) < 4.78 is 2.14. The summed E-state index contributed by atoms with van der Waals surface area (Å²) in [6.07, 6.45) is 5.68. The molecule has 0 saturated carbocycles. The number of nitrogens with zero attached hydrogens (tertiary/aromatic N) is 4. The Morgan fingerprint density at radius 1 is 1.16 bits per heavy atom. The molecule has 4 rings (SSSR count). The number of anilines is 1. The Kier molecular flexibility index (Phi) is 4.24. The van der Waals surface area contributed by atoms with Gasteiger partial charge in [0, 0.05) is 50.3 Å². The minimum absolute atomic E-state index is 0.106. The van der Waals surface area contributed by atoms with Crippen molar-refractivity contribution in [2.24, 2.45) is 5.92 Å². The lowest BCUT2D eigenvalue weighted by Gasteiger charge is -2.39. The highest BCUT2D eigenvalue weighted by Gasteiger charge is 2.30. The van der Waals surface area contributed by atoms with Crippen LogP contribution in [0.15, 0.2) is 30.7 Å². The molecule has 0 bridgehead atoms. The molecule has 1 amide bonds. The van der Waals surface area contributed by atoms with Crippen LogP contribution in [0, 0.1) is 19.8 Å². The zero-order valence-corrected chi connectivity index (χ0v) is 15.1. The molecular formula is C20H26N4O. The van der Waals surface area contributed by atoms with Gasteiger partial charge in [-0.2, -0.15) is 0 Å². The van der Waals surface area contributed by atoms with Crippen LogP contribution in [0.1, 0.15) is 23.2 Å². The molecule has 1 atom stereocenters. The molecule has 1 aromatic heterocycles. The molecule has 1 fully saturated rings. The van der Waals surface area contributed by atoms with Gasteiger partial charge in [0.15, 0.2) is 0 Å². The minimum Gasteiger partial charge on any atom is -0.368 e. The van der Waals surface area contributed by atoms with Crippen molar-refractivity contribution < 1.29 is 4.79 Å². The van der Waals surface area contributed by atoms with E-state index in [1.54, 1.807) is 0 Å². The molecule has 0 N–H and O–H groups in total. The average molecular weight is 338 g/mol. The van der Waals surface area contributed by atoms with Crippen LogP contribution in [-0.2, 0) is 17.8 Å². The quantitative estimate of drug-likeness (QED) is 0.844. The molecular weight excluding hydrogens is 312 g/mol. The van der Waals surface area contributed by atoms with Gasteiger partial charge in [0.05, 0.1) is 12.2 Å². The molecule has 132 valence electrons. The lowest BCUT2D eigenvalue weighted by Crippen LogP contribution is -2.51. The van der Waals surface area contributed by atoms with E-state index in [0.29, 0.717) is 5.91 Å². The highest BCUT2D eigenvalue weighted by atomic mass is 16.2. The number of carbonyl (C=O) groups excluding carboxylic acids is 1. The number of aromatic nitrogens is 2. The molecule has 25 heavy (non-hydrogen) atoms. The lowest BCUT2D eigenvalue weighted by atomic mass is 9.96. The zero-order valence-electron chi connectivity index (χ0n) is 15.1. The Morgan fingerprint density at radius 2 is 1.96 bits per heavy atom. The minimum atomic E-state index is 0.106. The van der Waals surface area contributed by atoms with Gasteiger partial charge >= 0.3 is 0 Å². The van der Waals surface area contributed by atoms with E-state index in [-0.39, 0.29) is 5.92 Å². The van der Waals surface area contributed by atoms with Crippen LogP contribution in [-0.4, -0.2) is 46.5 Å². The van der Waals surface area contributed by atoms with Crippen molar-refractivity contribution in [1.82, 2.24) is 14.5 Å².